The van der Waals surface area contributed by atoms with E-state index in [2.05, 4.69) is 0 Å². The van der Waals surface area contributed by atoms with Gasteiger partial charge in [0, 0.05) is 21.7 Å². The van der Waals surface area contributed by atoms with E-state index >= 15 is 0 Å². The van der Waals surface area contributed by atoms with Crippen molar-refractivity contribution < 1.29 is 14.6 Å². The first-order valence-electron chi connectivity index (χ1n) is 6.13. The molecular weight excluding hydrogens is 311 g/mol. The highest BCUT2D eigenvalue weighted by molar-refractivity contribution is 6.35. The zero-order valence-electron chi connectivity index (χ0n) is 10.9. The summed E-state index contributed by atoms with van der Waals surface area (Å²) in [5, 5.41) is 9.67. The molecule has 0 amide bonds. The van der Waals surface area contributed by atoms with E-state index in [0.717, 1.165) is 17.2 Å². The molecule has 1 N–H and O–H groups in total. The third-order valence-corrected chi connectivity index (χ3v) is 3.45. The van der Waals surface area contributed by atoms with Gasteiger partial charge in [0.25, 0.3) is 0 Å². The second-order valence-corrected chi connectivity index (χ2v) is 5.04. The molecule has 0 heterocycles. The topological polar surface area (TPSA) is 46.5 Å². The Morgan fingerprint density at radius 1 is 1.10 bits per heavy atom. The SMILES string of the molecule is O=C(O)C=Cc1ccc(OCc2c(Cl)cccc2Cl)cc1. The molecule has 0 aliphatic heterocycles. The van der Waals surface area contributed by atoms with Crippen molar-refractivity contribution >= 4 is 35.2 Å². The maximum atomic E-state index is 10.4. The lowest BCUT2D eigenvalue weighted by Gasteiger charge is -2.09. The Morgan fingerprint density at radius 3 is 2.29 bits per heavy atom. The van der Waals surface area contributed by atoms with Gasteiger partial charge in [0.05, 0.1) is 0 Å². The zero-order valence-corrected chi connectivity index (χ0v) is 12.4. The van der Waals surface area contributed by atoms with Crippen LogP contribution < -0.4 is 4.74 Å². The van der Waals surface area contributed by atoms with Crippen LogP contribution in [0.25, 0.3) is 6.08 Å². The highest BCUT2D eigenvalue weighted by atomic mass is 35.5. The quantitative estimate of drug-likeness (QED) is 0.813. The van der Waals surface area contributed by atoms with Gasteiger partial charge in [-0.05, 0) is 35.9 Å². The van der Waals surface area contributed by atoms with Gasteiger partial charge in [-0.25, -0.2) is 4.79 Å². The van der Waals surface area contributed by atoms with Crippen LogP contribution in [0.1, 0.15) is 11.1 Å². The summed E-state index contributed by atoms with van der Waals surface area (Å²) in [5.41, 5.74) is 1.51. The monoisotopic (exact) mass is 322 g/mol. The van der Waals surface area contributed by atoms with Gasteiger partial charge in [0.2, 0.25) is 0 Å². The van der Waals surface area contributed by atoms with E-state index in [-0.39, 0.29) is 6.61 Å². The predicted octanol–water partition coefficient (Wildman–Crippen LogP) is 4.67. The molecule has 0 fully saturated rings. The molecule has 2 rings (SSSR count). The Balaban J connectivity index is 2.02. The van der Waals surface area contributed by atoms with Crippen molar-refractivity contribution in [3.8, 4) is 5.75 Å². The average molecular weight is 323 g/mol. The van der Waals surface area contributed by atoms with Crippen LogP contribution in [0.3, 0.4) is 0 Å². The van der Waals surface area contributed by atoms with Crippen LogP contribution in [0.5, 0.6) is 5.75 Å². The van der Waals surface area contributed by atoms with E-state index in [1.165, 1.54) is 6.08 Å². The molecule has 0 atom stereocenters. The molecule has 5 heteroatoms. The summed E-state index contributed by atoms with van der Waals surface area (Å²) in [5.74, 6) is -0.331. The molecule has 2 aromatic carbocycles. The summed E-state index contributed by atoms with van der Waals surface area (Å²) in [6, 6.07) is 12.3. The van der Waals surface area contributed by atoms with Crippen LogP contribution in [-0.2, 0) is 11.4 Å². The Kier molecular flexibility index (Phi) is 5.26. The number of hydrogen-bond donors (Lipinski definition) is 1. The van der Waals surface area contributed by atoms with Crippen molar-refractivity contribution in [3.63, 3.8) is 0 Å². The maximum Gasteiger partial charge on any atom is 0.328 e. The van der Waals surface area contributed by atoms with Crippen LogP contribution in [0.2, 0.25) is 10.0 Å². The molecule has 0 unspecified atom stereocenters. The second kappa shape index (κ2) is 7.16. The summed E-state index contributed by atoms with van der Waals surface area (Å²) in [6.45, 7) is 0.267. The minimum absolute atomic E-state index is 0.267. The molecule has 0 aliphatic carbocycles. The van der Waals surface area contributed by atoms with Gasteiger partial charge in [-0.3, -0.25) is 0 Å². The molecule has 108 valence electrons. The summed E-state index contributed by atoms with van der Waals surface area (Å²) < 4.78 is 5.62. The fourth-order valence-electron chi connectivity index (χ4n) is 1.67. The van der Waals surface area contributed by atoms with E-state index in [1.54, 1.807) is 42.5 Å². The fourth-order valence-corrected chi connectivity index (χ4v) is 2.17. The molecular formula is C16H12Cl2O3. The van der Waals surface area contributed by atoms with Gasteiger partial charge in [-0.2, -0.15) is 0 Å². The van der Waals surface area contributed by atoms with Crippen molar-refractivity contribution in [2.75, 3.05) is 0 Å². The lowest BCUT2D eigenvalue weighted by molar-refractivity contribution is -0.131. The van der Waals surface area contributed by atoms with Gasteiger partial charge in [0.15, 0.2) is 0 Å². The molecule has 21 heavy (non-hydrogen) atoms. The van der Waals surface area contributed by atoms with Crippen LogP contribution in [-0.4, -0.2) is 11.1 Å². The van der Waals surface area contributed by atoms with Crippen LogP contribution >= 0.6 is 23.2 Å². The highest BCUT2D eigenvalue weighted by Crippen LogP contribution is 2.26. The lowest BCUT2D eigenvalue weighted by atomic mass is 10.2. The predicted molar refractivity (Wildman–Crippen MR) is 83.9 cm³/mol. The highest BCUT2D eigenvalue weighted by Gasteiger charge is 2.06. The third-order valence-electron chi connectivity index (χ3n) is 2.74. The number of carboxylic acids is 1. The minimum Gasteiger partial charge on any atom is -0.489 e. The van der Waals surface area contributed by atoms with Crippen molar-refractivity contribution in [2.45, 2.75) is 6.61 Å². The van der Waals surface area contributed by atoms with Crippen LogP contribution in [0.15, 0.2) is 48.5 Å². The van der Waals surface area contributed by atoms with Crippen LogP contribution in [0.4, 0.5) is 0 Å². The summed E-state index contributed by atoms with van der Waals surface area (Å²) in [7, 11) is 0. The van der Waals surface area contributed by atoms with E-state index in [0.29, 0.717) is 15.8 Å². The largest absolute Gasteiger partial charge is 0.489 e. The van der Waals surface area contributed by atoms with E-state index in [1.807, 2.05) is 0 Å². The summed E-state index contributed by atoms with van der Waals surface area (Å²) in [6.07, 6.45) is 2.59. The van der Waals surface area contributed by atoms with E-state index < -0.39 is 5.97 Å². The molecule has 0 aliphatic rings. The molecule has 0 radical (unpaired) electrons. The second-order valence-electron chi connectivity index (χ2n) is 4.23. The summed E-state index contributed by atoms with van der Waals surface area (Å²) >= 11 is 12.1. The smallest absolute Gasteiger partial charge is 0.328 e. The Bertz CT molecular complexity index is 643. The van der Waals surface area contributed by atoms with Gasteiger partial charge < -0.3 is 9.84 Å². The number of rotatable bonds is 5. The average Bonchev–Trinajstić information content (AvgIpc) is 2.46. The molecule has 3 nitrogen and oxygen atoms in total. The fraction of sp³-hybridized carbons (Fsp3) is 0.0625. The molecule has 0 saturated heterocycles. The Morgan fingerprint density at radius 2 is 1.71 bits per heavy atom. The van der Waals surface area contributed by atoms with E-state index in [9.17, 15) is 4.79 Å². The van der Waals surface area contributed by atoms with Gasteiger partial charge >= 0.3 is 5.97 Å². The van der Waals surface area contributed by atoms with Gasteiger partial charge in [-0.1, -0.05) is 41.4 Å². The normalized spacial score (nSPS) is 10.8. The lowest BCUT2D eigenvalue weighted by Crippen LogP contribution is -1.97. The molecule has 0 bridgehead atoms. The number of aliphatic carboxylic acids is 1. The Hall–Kier alpha value is -1.97. The maximum absolute atomic E-state index is 10.4. The number of carboxylic acid groups (broad SMARTS) is 1. The van der Waals surface area contributed by atoms with E-state index in [4.69, 9.17) is 33.0 Å². The Labute approximate surface area is 132 Å². The number of ether oxygens (including phenoxy) is 1. The number of halogens is 2. The number of carbonyl (C=O) groups is 1. The summed E-state index contributed by atoms with van der Waals surface area (Å²) in [4.78, 5) is 10.4. The van der Waals surface area contributed by atoms with Crippen molar-refractivity contribution in [1.29, 1.82) is 0 Å². The zero-order chi connectivity index (χ0) is 15.2. The first kappa shape index (κ1) is 15.4. The first-order valence-corrected chi connectivity index (χ1v) is 6.88. The molecule has 0 spiro atoms. The minimum atomic E-state index is -0.983. The number of hydrogen-bond acceptors (Lipinski definition) is 2. The molecule has 2 aromatic rings. The van der Waals surface area contributed by atoms with Crippen molar-refractivity contribution in [3.05, 3.63) is 69.7 Å². The third kappa shape index (κ3) is 4.52. The first-order chi connectivity index (χ1) is 10.1. The van der Waals surface area contributed by atoms with Gasteiger partial charge in [0.1, 0.15) is 12.4 Å². The number of benzene rings is 2. The van der Waals surface area contributed by atoms with Crippen molar-refractivity contribution in [2.24, 2.45) is 0 Å². The molecule has 0 aromatic heterocycles. The van der Waals surface area contributed by atoms with Crippen LogP contribution in [0, 0.1) is 0 Å². The van der Waals surface area contributed by atoms with Crippen molar-refractivity contribution in [1.82, 2.24) is 0 Å². The van der Waals surface area contributed by atoms with Gasteiger partial charge in [-0.15, -0.1) is 0 Å². The standard InChI is InChI=1S/C16H12Cl2O3/c17-14-2-1-3-15(18)13(14)10-21-12-7-4-11(5-8-12)6-9-16(19)20/h1-9H,10H2,(H,19,20). The molecule has 0 saturated carbocycles.